The lowest BCUT2D eigenvalue weighted by molar-refractivity contribution is 0.102. The largest absolute Gasteiger partial charge is 0.321 e. The van der Waals surface area contributed by atoms with Crippen LogP contribution in [0.2, 0.25) is 5.02 Å². The monoisotopic (exact) mass is 465 g/mol. The number of carbonyl (C=O) groups excluding carboxylic acids is 1. The van der Waals surface area contributed by atoms with Crippen molar-refractivity contribution >= 4 is 71.0 Å². The Balaban J connectivity index is 2.25. The number of carbonyl (C=O) groups is 1. The van der Waals surface area contributed by atoms with E-state index in [1.807, 2.05) is 18.2 Å². The summed E-state index contributed by atoms with van der Waals surface area (Å²) in [6.07, 6.45) is 0. The fraction of sp³-hybridized carbons (Fsp3) is 0. The van der Waals surface area contributed by atoms with E-state index >= 15 is 0 Å². The van der Waals surface area contributed by atoms with Gasteiger partial charge in [0.15, 0.2) is 0 Å². The average Bonchev–Trinajstić information content (AvgIpc) is 2.37. The minimum atomic E-state index is -0.215. The normalized spacial score (nSPS) is 10.3. The van der Waals surface area contributed by atoms with Gasteiger partial charge in [-0.2, -0.15) is 0 Å². The lowest BCUT2D eigenvalue weighted by atomic mass is 10.2. The molecule has 0 aliphatic carbocycles. The molecule has 0 fully saturated rings. The van der Waals surface area contributed by atoms with E-state index in [1.54, 1.807) is 18.2 Å². The summed E-state index contributed by atoms with van der Waals surface area (Å²) in [5.74, 6) is -0.215. The first-order valence-electron chi connectivity index (χ1n) is 5.19. The molecule has 1 N–H and O–H groups in total. The summed E-state index contributed by atoms with van der Waals surface area (Å²) in [5.41, 5.74) is 1.19. The van der Waals surface area contributed by atoms with Crippen LogP contribution in [0.3, 0.4) is 0 Å². The van der Waals surface area contributed by atoms with Gasteiger partial charge in [0, 0.05) is 19.0 Å². The van der Waals surface area contributed by atoms with Crippen LogP contribution in [0, 0.1) is 0 Å². The van der Waals surface area contributed by atoms with Gasteiger partial charge in [0.1, 0.15) is 0 Å². The molecule has 0 aromatic heterocycles. The summed E-state index contributed by atoms with van der Waals surface area (Å²) in [7, 11) is 0. The number of hydrogen-bond acceptors (Lipinski definition) is 1. The summed E-state index contributed by atoms with van der Waals surface area (Å²) in [5, 5.41) is 3.33. The molecule has 0 spiro atoms. The Labute approximate surface area is 140 Å². The highest BCUT2D eigenvalue weighted by Crippen LogP contribution is 2.27. The zero-order chi connectivity index (χ0) is 14.0. The van der Waals surface area contributed by atoms with Crippen molar-refractivity contribution in [2.24, 2.45) is 0 Å². The third kappa shape index (κ3) is 3.81. The van der Waals surface area contributed by atoms with Crippen molar-refractivity contribution in [1.29, 1.82) is 0 Å². The van der Waals surface area contributed by atoms with Crippen LogP contribution in [0.25, 0.3) is 0 Å². The molecule has 0 unspecified atom stereocenters. The smallest absolute Gasteiger partial charge is 0.255 e. The predicted molar refractivity (Wildman–Crippen MR) is 88.9 cm³/mol. The molecule has 19 heavy (non-hydrogen) atoms. The lowest BCUT2D eigenvalue weighted by Gasteiger charge is -2.08. The molecule has 2 rings (SSSR count). The molecule has 0 bridgehead atoms. The van der Waals surface area contributed by atoms with Gasteiger partial charge in [-0.1, -0.05) is 27.5 Å². The van der Waals surface area contributed by atoms with Crippen LogP contribution in [0.5, 0.6) is 0 Å². The van der Waals surface area contributed by atoms with Crippen molar-refractivity contribution in [1.82, 2.24) is 0 Å². The average molecular weight is 468 g/mol. The Morgan fingerprint density at radius 3 is 2.37 bits per heavy atom. The van der Waals surface area contributed by atoms with Gasteiger partial charge in [0.05, 0.1) is 10.7 Å². The highest BCUT2D eigenvalue weighted by atomic mass is 79.9. The van der Waals surface area contributed by atoms with Crippen LogP contribution in [0.15, 0.2) is 49.8 Å². The molecule has 0 saturated heterocycles. The zero-order valence-corrected chi connectivity index (χ0v) is 14.9. The molecule has 0 heterocycles. The summed E-state index contributed by atoms with van der Waals surface area (Å²) in [6, 6.07) is 10.6. The fourth-order valence-corrected chi connectivity index (χ4v) is 2.56. The molecule has 6 heteroatoms. The SMILES string of the molecule is O=C(Nc1cc(Br)ccc1Br)c1ccc(Br)c(Cl)c1. The van der Waals surface area contributed by atoms with Crippen LogP contribution in [0.1, 0.15) is 10.4 Å². The van der Waals surface area contributed by atoms with Gasteiger partial charge in [0.25, 0.3) is 5.91 Å². The summed E-state index contributed by atoms with van der Waals surface area (Å²) >= 11 is 16.0. The molecule has 2 aromatic carbocycles. The maximum Gasteiger partial charge on any atom is 0.255 e. The quantitative estimate of drug-likeness (QED) is 0.586. The van der Waals surface area contributed by atoms with Gasteiger partial charge in [-0.15, -0.1) is 0 Å². The van der Waals surface area contributed by atoms with Gasteiger partial charge >= 0.3 is 0 Å². The van der Waals surface area contributed by atoms with E-state index in [0.717, 1.165) is 13.4 Å². The first-order valence-corrected chi connectivity index (χ1v) is 7.94. The van der Waals surface area contributed by atoms with E-state index in [-0.39, 0.29) is 5.91 Å². The van der Waals surface area contributed by atoms with Gasteiger partial charge in [-0.3, -0.25) is 4.79 Å². The topological polar surface area (TPSA) is 29.1 Å². The van der Waals surface area contributed by atoms with Crippen LogP contribution < -0.4 is 5.32 Å². The molecule has 0 saturated carbocycles. The number of amides is 1. The number of hydrogen-bond donors (Lipinski definition) is 1. The van der Waals surface area contributed by atoms with Crippen LogP contribution >= 0.6 is 59.4 Å². The second-order valence-electron chi connectivity index (χ2n) is 3.71. The van der Waals surface area contributed by atoms with E-state index in [2.05, 4.69) is 53.1 Å². The Bertz CT molecular complexity index is 646. The molecule has 0 radical (unpaired) electrons. The molecular formula is C13H7Br3ClNO. The lowest BCUT2D eigenvalue weighted by Crippen LogP contribution is -2.12. The van der Waals surface area contributed by atoms with Gasteiger partial charge in [-0.25, -0.2) is 0 Å². The molecule has 0 aliphatic rings. The van der Waals surface area contributed by atoms with Gasteiger partial charge < -0.3 is 5.32 Å². The Morgan fingerprint density at radius 1 is 1.00 bits per heavy atom. The fourth-order valence-electron chi connectivity index (χ4n) is 1.43. The first kappa shape index (κ1) is 15.0. The number of halogens is 4. The van der Waals surface area contributed by atoms with E-state index < -0.39 is 0 Å². The van der Waals surface area contributed by atoms with Gasteiger partial charge in [0.2, 0.25) is 0 Å². The molecule has 0 aliphatic heterocycles. The van der Waals surface area contributed by atoms with Crippen LogP contribution in [-0.2, 0) is 0 Å². The first-order chi connectivity index (χ1) is 8.97. The molecule has 1 amide bonds. The second-order valence-corrected chi connectivity index (χ2v) is 6.74. The number of nitrogens with one attached hydrogen (secondary N) is 1. The number of rotatable bonds is 2. The summed E-state index contributed by atoms with van der Waals surface area (Å²) in [6.45, 7) is 0. The maximum atomic E-state index is 12.1. The predicted octanol–water partition coefficient (Wildman–Crippen LogP) is 5.88. The van der Waals surface area contributed by atoms with Crippen molar-refractivity contribution in [2.45, 2.75) is 0 Å². The molecule has 98 valence electrons. The van der Waals surface area contributed by atoms with E-state index in [9.17, 15) is 4.79 Å². The van der Waals surface area contributed by atoms with Crippen molar-refractivity contribution in [3.05, 3.63) is 60.4 Å². The van der Waals surface area contributed by atoms with Crippen molar-refractivity contribution in [3.63, 3.8) is 0 Å². The standard InChI is InChI=1S/C13H7Br3ClNO/c14-8-2-4-10(16)12(6-8)18-13(19)7-1-3-9(15)11(17)5-7/h1-6H,(H,18,19). The van der Waals surface area contributed by atoms with Crippen LogP contribution in [-0.4, -0.2) is 5.91 Å². The molecule has 2 nitrogen and oxygen atoms in total. The van der Waals surface area contributed by atoms with E-state index in [4.69, 9.17) is 11.6 Å². The molecule has 0 atom stereocenters. The zero-order valence-electron chi connectivity index (χ0n) is 9.38. The summed E-state index contributed by atoms with van der Waals surface area (Å²) < 4.78 is 2.46. The third-order valence-electron chi connectivity index (χ3n) is 2.36. The minimum Gasteiger partial charge on any atom is -0.321 e. The second kappa shape index (κ2) is 6.39. The number of benzene rings is 2. The van der Waals surface area contributed by atoms with Gasteiger partial charge in [-0.05, 0) is 68.3 Å². The third-order valence-corrected chi connectivity index (χ3v) is 4.78. The Hall–Kier alpha value is -0.360. The van der Waals surface area contributed by atoms with Crippen molar-refractivity contribution in [3.8, 4) is 0 Å². The Morgan fingerprint density at radius 2 is 1.68 bits per heavy atom. The number of anilines is 1. The molecule has 2 aromatic rings. The van der Waals surface area contributed by atoms with E-state index in [0.29, 0.717) is 16.3 Å². The maximum absolute atomic E-state index is 12.1. The summed E-state index contributed by atoms with van der Waals surface area (Å²) in [4.78, 5) is 12.1. The molecular weight excluding hydrogens is 461 g/mol. The highest BCUT2D eigenvalue weighted by Gasteiger charge is 2.10. The highest BCUT2D eigenvalue weighted by molar-refractivity contribution is 9.11. The van der Waals surface area contributed by atoms with Crippen molar-refractivity contribution < 1.29 is 4.79 Å². The van der Waals surface area contributed by atoms with E-state index in [1.165, 1.54) is 0 Å². The Kier molecular flexibility index (Phi) is 5.06. The van der Waals surface area contributed by atoms with Crippen LogP contribution in [0.4, 0.5) is 5.69 Å². The minimum absolute atomic E-state index is 0.215. The van der Waals surface area contributed by atoms with Crippen molar-refractivity contribution in [2.75, 3.05) is 5.32 Å².